The van der Waals surface area contributed by atoms with Gasteiger partial charge in [-0.25, -0.2) is 9.18 Å². The first kappa shape index (κ1) is 23.3. The maximum atomic E-state index is 13.5. The number of rotatable bonds is 5. The van der Waals surface area contributed by atoms with Crippen molar-refractivity contribution >= 4 is 28.7 Å². The molecule has 1 aliphatic heterocycles. The fraction of sp³-hybridized carbons (Fsp3) is 0.320. The van der Waals surface area contributed by atoms with E-state index >= 15 is 0 Å². The molecule has 10 heteroatoms. The first-order valence-corrected chi connectivity index (χ1v) is 11.8. The zero-order chi connectivity index (χ0) is 24.7. The van der Waals surface area contributed by atoms with Gasteiger partial charge in [0.2, 0.25) is 5.95 Å². The quantitative estimate of drug-likeness (QED) is 0.425. The molecule has 35 heavy (non-hydrogen) atoms. The molecule has 0 bridgehead atoms. The van der Waals surface area contributed by atoms with Gasteiger partial charge in [0.1, 0.15) is 5.82 Å². The van der Waals surface area contributed by atoms with Crippen LogP contribution < -0.4 is 16.1 Å². The Morgan fingerprint density at radius 2 is 1.60 bits per heavy atom. The van der Waals surface area contributed by atoms with E-state index in [2.05, 4.69) is 9.80 Å². The number of nitrogens with zero attached hydrogens (tertiary/aromatic N) is 6. The van der Waals surface area contributed by atoms with Crippen molar-refractivity contribution in [2.24, 2.45) is 14.1 Å². The average molecular weight is 497 g/mol. The van der Waals surface area contributed by atoms with Gasteiger partial charge in [0.05, 0.1) is 6.54 Å². The number of hydrogen-bond acceptors (Lipinski definition) is 5. The molecule has 0 N–H and O–H groups in total. The van der Waals surface area contributed by atoms with Crippen LogP contribution in [-0.2, 0) is 27.2 Å². The highest BCUT2D eigenvalue weighted by Crippen LogP contribution is 2.24. The number of aromatic nitrogens is 4. The van der Waals surface area contributed by atoms with E-state index in [4.69, 9.17) is 16.6 Å². The van der Waals surface area contributed by atoms with Crippen LogP contribution in [0.3, 0.4) is 0 Å². The van der Waals surface area contributed by atoms with Gasteiger partial charge in [-0.15, -0.1) is 0 Å². The maximum absolute atomic E-state index is 13.5. The normalized spacial score (nSPS) is 14.7. The van der Waals surface area contributed by atoms with E-state index in [1.54, 1.807) is 19.2 Å². The smallest absolute Gasteiger partial charge is 0.332 e. The van der Waals surface area contributed by atoms with Crippen LogP contribution in [-0.4, -0.2) is 49.8 Å². The lowest BCUT2D eigenvalue weighted by atomic mass is 10.2. The van der Waals surface area contributed by atoms with Gasteiger partial charge in [0.15, 0.2) is 11.2 Å². The molecule has 0 unspecified atom stereocenters. The molecule has 5 rings (SSSR count). The van der Waals surface area contributed by atoms with Gasteiger partial charge in [-0.3, -0.25) is 23.4 Å². The highest BCUT2D eigenvalue weighted by atomic mass is 35.5. The molecule has 0 saturated carbocycles. The van der Waals surface area contributed by atoms with Crippen LogP contribution in [0.5, 0.6) is 0 Å². The molecule has 3 heterocycles. The minimum absolute atomic E-state index is 0.322. The van der Waals surface area contributed by atoms with E-state index in [-0.39, 0.29) is 5.82 Å². The summed E-state index contributed by atoms with van der Waals surface area (Å²) in [6.07, 6.45) is 0. The molecule has 2 aromatic carbocycles. The number of halogens is 2. The van der Waals surface area contributed by atoms with Crippen molar-refractivity contribution in [1.82, 2.24) is 23.6 Å². The van der Waals surface area contributed by atoms with Gasteiger partial charge in [0.25, 0.3) is 5.56 Å². The average Bonchev–Trinajstić information content (AvgIpc) is 3.24. The molecule has 182 valence electrons. The number of fused-ring (bicyclic) bond motifs is 1. The van der Waals surface area contributed by atoms with Gasteiger partial charge in [-0.2, -0.15) is 4.98 Å². The molecular weight excluding hydrogens is 471 g/mol. The summed E-state index contributed by atoms with van der Waals surface area (Å²) in [6, 6.07) is 14.0. The van der Waals surface area contributed by atoms with E-state index in [9.17, 15) is 14.0 Å². The number of anilines is 1. The van der Waals surface area contributed by atoms with Crippen LogP contribution in [0.4, 0.5) is 10.3 Å². The van der Waals surface area contributed by atoms with E-state index in [1.807, 2.05) is 28.8 Å². The van der Waals surface area contributed by atoms with Crippen LogP contribution in [0.1, 0.15) is 11.1 Å². The summed E-state index contributed by atoms with van der Waals surface area (Å²) in [6.45, 7) is 4.08. The van der Waals surface area contributed by atoms with Crippen LogP contribution in [0.25, 0.3) is 11.2 Å². The highest BCUT2D eigenvalue weighted by Gasteiger charge is 2.26. The fourth-order valence-corrected chi connectivity index (χ4v) is 4.77. The number of piperazine rings is 1. The highest BCUT2D eigenvalue weighted by molar-refractivity contribution is 6.31. The van der Waals surface area contributed by atoms with Crippen molar-refractivity contribution in [2.75, 3.05) is 31.1 Å². The lowest BCUT2D eigenvalue weighted by Gasteiger charge is -2.35. The molecule has 0 amide bonds. The summed E-state index contributed by atoms with van der Waals surface area (Å²) in [5.41, 5.74) is 1.79. The number of benzene rings is 2. The zero-order valence-electron chi connectivity index (χ0n) is 19.6. The lowest BCUT2D eigenvalue weighted by Crippen LogP contribution is -2.47. The van der Waals surface area contributed by atoms with E-state index in [0.717, 1.165) is 40.4 Å². The van der Waals surface area contributed by atoms with Gasteiger partial charge in [0, 0.05) is 51.8 Å². The monoisotopic (exact) mass is 496 g/mol. The summed E-state index contributed by atoms with van der Waals surface area (Å²) >= 11 is 6.34. The predicted octanol–water partition coefficient (Wildman–Crippen LogP) is 2.60. The van der Waals surface area contributed by atoms with Crippen molar-refractivity contribution in [1.29, 1.82) is 0 Å². The second-order valence-corrected chi connectivity index (χ2v) is 9.26. The standard InChI is InChI=1S/C25H26ClFN6O2/c1-29-22-21(23(34)30(2)25(29)35)33(15-17-7-9-19(27)10-8-17)24(28-22)32-13-11-31(12-14-32)16-18-5-3-4-6-20(18)26/h3-10H,11-16H2,1-2H3. The molecule has 1 fully saturated rings. The second kappa shape index (κ2) is 9.31. The summed E-state index contributed by atoms with van der Waals surface area (Å²) in [4.78, 5) is 34.9. The Labute approximate surface area is 206 Å². The number of hydrogen-bond donors (Lipinski definition) is 0. The summed E-state index contributed by atoms with van der Waals surface area (Å²) in [5, 5.41) is 0.757. The summed E-state index contributed by atoms with van der Waals surface area (Å²) < 4.78 is 17.8. The largest absolute Gasteiger partial charge is 0.340 e. The Balaban J connectivity index is 1.50. The Kier molecular flexibility index (Phi) is 6.21. The SMILES string of the molecule is Cn1c(=O)c2c(nc(N3CCN(Cc4ccccc4Cl)CC3)n2Cc2ccc(F)cc2)n(C)c1=O. The van der Waals surface area contributed by atoms with Gasteiger partial charge < -0.3 is 4.90 Å². The first-order chi connectivity index (χ1) is 16.8. The third kappa shape index (κ3) is 4.37. The van der Waals surface area contributed by atoms with Crippen LogP contribution in [0, 0.1) is 5.82 Å². The number of aryl methyl sites for hydroxylation is 1. The molecule has 0 radical (unpaired) electrons. The Morgan fingerprint density at radius 1 is 0.914 bits per heavy atom. The van der Waals surface area contributed by atoms with Crippen LogP contribution in [0.15, 0.2) is 58.1 Å². The molecule has 0 spiro atoms. The first-order valence-electron chi connectivity index (χ1n) is 11.4. The van der Waals surface area contributed by atoms with E-state index in [0.29, 0.717) is 36.7 Å². The number of imidazole rings is 1. The molecular formula is C25H26ClFN6O2. The predicted molar refractivity (Wildman–Crippen MR) is 135 cm³/mol. The van der Waals surface area contributed by atoms with Crippen molar-refractivity contribution in [3.63, 3.8) is 0 Å². The molecule has 8 nitrogen and oxygen atoms in total. The topological polar surface area (TPSA) is 68.3 Å². The van der Waals surface area contributed by atoms with Crippen LogP contribution in [0.2, 0.25) is 5.02 Å². The van der Waals surface area contributed by atoms with Crippen molar-refractivity contribution in [2.45, 2.75) is 13.1 Å². The molecule has 0 aliphatic carbocycles. The minimum atomic E-state index is -0.426. The third-order valence-electron chi connectivity index (χ3n) is 6.59. The lowest BCUT2D eigenvalue weighted by molar-refractivity contribution is 0.248. The van der Waals surface area contributed by atoms with Gasteiger partial charge >= 0.3 is 5.69 Å². The second-order valence-electron chi connectivity index (χ2n) is 8.86. The maximum Gasteiger partial charge on any atom is 0.332 e. The Morgan fingerprint density at radius 3 is 2.29 bits per heavy atom. The van der Waals surface area contributed by atoms with Gasteiger partial charge in [-0.1, -0.05) is 41.9 Å². The zero-order valence-corrected chi connectivity index (χ0v) is 20.4. The van der Waals surface area contributed by atoms with E-state index < -0.39 is 11.2 Å². The van der Waals surface area contributed by atoms with Gasteiger partial charge in [-0.05, 0) is 29.3 Å². The Bertz CT molecular complexity index is 1500. The minimum Gasteiger partial charge on any atom is -0.340 e. The van der Waals surface area contributed by atoms with Crippen molar-refractivity contribution < 1.29 is 4.39 Å². The molecule has 0 atom stereocenters. The van der Waals surface area contributed by atoms with Crippen LogP contribution >= 0.6 is 11.6 Å². The molecule has 4 aromatic rings. The molecule has 1 saturated heterocycles. The van der Waals surface area contributed by atoms with Crippen molar-refractivity contribution in [3.05, 3.63) is 91.3 Å². The fourth-order valence-electron chi connectivity index (χ4n) is 4.57. The van der Waals surface area contributed by atoms with Crippen molar-refractivity contribution in [3.8, 4) is 0 Å². The summed E-state index contributed by atoms with van der Waals surface area (Å²) in [7, 11) is 3.08. The van der Waals surface area contributed by atoms with E-state index in [1.165, 1.54) is 23.7 Å². The summed E-state index contributed by atoms with van der Waals surface area (Å²) in [5.74, 6) is 0.303. The molecule has 2 aromatic heterocycles. The molecule has 1 aliphatic rings. The third-order valence-corrected chi connectivity index (χ3v) is 6.96. The Hall–Kier alpha value is -3.43.